The van der Waals surface area contributed by atoms with E-state index in [0.29, 0.717) is 28.8 Å². The van der Waals surface area contributed by atoms with Gasteiger partial charge in [0.1, 0.15) is 57.0 Å². The minimum Gasteiger partial charge on any atom is -0.391 e. The van der Waals surface area contributed by atoms with Crippen molar-refractivity contribution in [2.45, 2.75) is 74.4 Å². The van der Waals surface area contributed by atoms with Gasteiger partial charge in [-0.25, -0.2) is 4.39 Å². The Morgan fingerprint density at radius 2 is 1.71 bits per heavy atom. The van der Waals surface area contributed by atoms with E-state index < -0.39 is 22.7 Å². The number of carbonyl (C=O) groups excluding carboxylic acids is 3. The zero-order valence-corrected chi connectivity index (χ0v) is 29.0. The van der Waals surface area contributed by atoms with E-state index in [4.69, 9.17) is 4.74 Å². The first-order valence-electron chi connectivity index (χ1n) is 15.8. The Hall–Kier alpha value is -2.75. The van der Waals surface area contributed by atoms with Crippen molar-refractivity contribution in [3.05, 3.63) is 64.5 Å². The number of nitrogens with zero attached hydrogens (tertiary/aromatic N) is 1. The summed E-state index contributed by atoms with van der Waals surface area (Å²) < 4.78 is 22.4. The summed E-state index contributed by atoms with van der Waals surface area (Å²) in [6, 6.07) is 10.2. The summed E-state index contributed by atoms with van der Waals surface area (Å²) in [5.74, 6) is -1.01. The minimum atomic E-state index is -0.864. The smallest absolute Gasteiger partial charge is 0.236 e. The molecule has 0 saturated carbocycles. The SMILES string of the molecule is BC(=O)c1cccc(NC(B)(B)c2ccc(C(B)(B)N3CC(C)(C)OC(C)(C)C3)cc2F)c1C(B)NC(CCC=O)C(=O)NC. The summed E-state index contributed by atoms with van der Waals surface area (Å²) in [4.78, 5) is 38.7. The molecule has 1 saturated heterocycles. The van der Waals surface area contributed by atoms with Crippen molar-refractivity contribution in [3.63, 3.8) is 0 Å². The summed E-state index contributed by atoms with van der Waals surface area (Å²) in [5, 5.41) is 8.15. The zero-order chi connectivity index (χ0) is 34.0. The van der Waals surface area contributed by atoms with Gasteiger partial charge in [0.25, 0.3) is 0 Å². The Morgan fingerprint density at radius 3 is 2.24 bits per heavy atom. The van der Waals surface area contributed by atoms with Crippen LogP contribution < -0.4 is 16.0 Å². The van der Waals surface area contributed by atoms with Crippen LogP contribution in [-0.2, 0) is 25.0 Å². The van der Waals surface area contributed by atoms with Crippen LogP contribution in [0.15, 0.2) is 36.4 Å². The third-order valence-corrected chi connectivity index (χ3v) is 8.79. The van der Waals surface area contributed by atoms with Crippen LogP contribution in [0.2, 0.25) is 0 Å². The number of nitrogens with one attached hydrogen (secondary N) is 3. The van der Waals surface area contributed by atoms with Gasteiger partial charge in [-0.05, 0) is 68.3 Å². The predicted octanol–water partition coefficient (Wildman–Crippen LogP) is -2.33. The number of rotatable bonds is 13. The molecule has 1 amide bonds. The van der Waals surface area contributed by atoms with E-state index in [-0.39, 0.29) is 35.0 Å². The fourth-order valence-corrected chi connectivity index (χ4v) is 6.70. The number of ether oxygens (including phenoxy) is 1. The van der Waals surface area contributed by atoms with Crippen molar-refractivity contribution in [1.29, 1.82) is 0 Å². The number of anilines is 1. The molecule has 1 aliphatic heterocycles. The summed E-state index contributed by atoms with van der Waals surface area (Å²) in [6.45, 7) is 9.79. The van der Waals surface area contributed by atoms with Gasteiger partial charge in [0, 0.05) is 49.1 Å². The van der Waals surface area contributed by atoms with E-state index in [1.54, 1.807) is 25.2 Å². The Morgan fingerprint density at radius 1 is 1.09 bits per heavy atom. The van der Waals surface area contributed by atoms with Crippen LogP contribution in [0.3, 0.4) is 0 Å². The number of aldehydes is 1. The summed E-state index contributed by atoms with van der Waals surface area (Å²) >= 11 is 0. The highest BCUT2D eigenvalue weighted by atomic mass is 19.1. The maximum absolute atomic E-state index is 16.1. The van der Waals surface area contributed by atoms with E-state index >= 15 is 4.39 Å². The van der Waals surface area contributed by atoms with Crippen LogP contribution in [0.4, 0.5) is 10.1 Å². The molecule has 2 atom stereocenters. The number of benzene rings is 2. The number of amides is 1. The minimum absolute atomic E-state index is 0.128. The van der Waals surface area contributed by atoms with Crippen molar-refractivity contribution in [2.24, 2.45) is 0 Å². The Bertz CT molecular complexity index is 1410. The quantitative estimate of drug-likeness (QED) is 0.173. The van der Waals surface area contributed by atoms with Crippen molar-refractivity contribution >= 4 is 70.6 Å². The van der Waals surface area contributed by atoms with Crippen molar-refractivity contribution in [1.82, 2.24) is 15.5 Å². The van der Waals surface area contributed by atoms with E-state index in [1.807, 2.05) is 41.7 Å². The number of hydrogen-bond acceptors (Lipinski definition) is 7. The molecule has 1 aliphatic rings. The van der Waals surface area contributed by atoms with Gasteiger partial charge >= 0.3 is 0 Å². The highest BCUT2D eigenvalue weighted by Crippen LogP contribution is 2.36. The first kappa shape index (κ1) is 36.7. The normalized spacial score (nSPS) is 18.0. The molecule has 0 radical (unpaired) electrons. The molecule has 0 aliphatic carbocycles. The fourth-order valence-electron chi connectivity index (χ4n) is 6.70. The lowest BCUT2D eigenvalue weighted by Crippen LogP contribution is -2.63. The lowest BCUT2D eigenvalue weighted by Gasteiger charge is -2.53. The van der Waals surface area contributed by atoms with Crippen LogP contribution in [0.1, 0.15) is 73.5 Å². The van der Waals surface area contributed by atoms with Gasteiger partial charge in [-0.3, -0.25) is 4.79 Å². The Labute approximate surface area is 273 Å². The lowest BCUT2D eigenvalue weighted by molar-refractivity contribution is -0.186. The standard InChI is InChI=1S/C30H47B6FN4O4/c1-27(2)15-41(16-28(3,4)45-27)30(35,36)17-11-12-19(20(37)14-17)29(33,34)40-21-9-6-8-18(25(32)43)23(21)24(31)39-22(10-7-13-42)26(44)38-5/h6,8-9,11-14,22,24,39-40H,7,10,15-16,31-36H2,1-5H3,(H,38,44). The van der Waals surface area contributed by atoms with Crippen LogP contribution in [-0.4, -0.2) is 107 Å². The maximum atomic E-state index is 16.1. The topological polar surface area (TPSA) is 99.8 Å². The van der Waals surface area contributed by atoms with Crippen molar-refractivity contribution in [3.8, 4) is 0 Å². The van der Waals surface area contributed by atoms with E-state index in [2.05, 4.69) is 64.2 Å². The molecule has 3 N–H and O–H groups in total. The van der Waals surface area contributed by atoms with E-state index in [9.17, 15) is 14.4 Å². The second-order valence-corrected chi connectivity index (χ2v) is 14.6. The van der Waals surface area contributed by atoms with Gasteiger partial charge in [-0.2, -0.15) is 0 Å². The zero-order valence-electron chi connectivity index (χ0n) is 29.0. The molecule has 45 heavy (non-hydrogen) atoms. The predicted molar refractivity (Wildman–Crippen MR) is 195 cm³/mol. The van der Waals surface area contributed by atoms with Gasteiger partial charge in [-0.15, -0.1) is 0 Å². The second-order valence-electron chi connectivity index (χ2n) is 14.6. The molecule has 2 aromatic carbocycles. The molecule has 0 bridgehead atoms. The number of hydrogen-bond donors (Lipinski definition) is 3. The molecule has 15 heteroatoms. The molecule has 0 spiro atoms. The largest absolute Gasteiger partial charge is 0.391 e. The Balaban J connectivity index is 1.96. The average Bonchev–Trinajstić information content (AvgIpc) is 2.92. The highest BCUT2D eigenvalue weighted by Gasteiger charge is 2.43. The van der Waals surface area contributed by atoms with Gasteiger partial charge < -0.3 is 35.2 Å². The van der Waals surface area contributed by atoms with Crippen LogP contribution in [0.25, 0.3) is 0 Å². The van der Waals surface area contributed by atoms with Gasteiger partial charge in [-0.1, -0.05) is 24.3 Å². The average molecular weight is 612 g/mol. The van der Waals surface area contributed by atoms with E-state index in [1.165, 1.54) is 7.85 Å². The summed E-state index contributed by atoms with van der Waals surface area (Å²) in [7, 11) is 13.0. The first-order chi connectivity index (χ1) is 20.7. The van der Waals surface area contributed by atoms with Crippen molar-refractivity contribution < 1.29 is 23.5 Å². The molecule has 236 valence electrons. The summed E-state index contributed by atoms with van der Waals surface area (Å²) in [5.41, 5.74) is 2.38. The highest BCUT2D eigenvalue weighted by molar-refractivity contribution is 6.62. The van der Waals surface area contributed by atoms with Gasteiger partial charge in [0.15, 0.2) is 7.85 Å². The molecule has 2 unspecified atom stereocenters. The third-order valence-electron chi connectivity index (χ3n) is 8.79. The number of halogens is 1. The van der Waals surface area contributed by atoms with Crippen LogP contribution in [0.5, 0.6) is 0 Å². The molecule has 1 heterocycles. The first-order valence-corrected chi connectivity index (χ1v) is 15.8. The number of carbonyl (C=O) groups is 3. The Kier molecular flexibility index (Phi) is 11.4. The van der Waals surface area contributed by atoms with Gasteiger partial charge in [0.2, 0.25) is 5.91 Å². The number of likely N-dealkylation sites (N-methyl/N-ethyl adjacent to an activating group) is 1. The molecular weight excluding hydrogens is 564 g/mol. The van der Waals surface area contributed by atoms with Crippen LogP contribution in [0, 0.1) is 5.82 Å². The number of morpholine rings is 1. The monoisotopic (exact) mass is 612 g/mol. The lowest BCUT2D eigenvalue weighted by atomic mass is 9.54. The van der Waals surface area contributed by atoms with Crippen molar-refractivity contribution in [2.75, 3.05) is 25.5 Å². The van der Waals surface area contributed by atoms with Gasteiger partial charge in [0.05, 0.1) is 17.2 Å². The summed E-state index contributed by atoms with van der Waals surface area (Å²) in [6.07, 6.45) is 1.32. The molecule has 0 aromatic heterocycles. The molecule has 3 rings (SSSR count). The second kappa shape index (κ2) is 13.9. The third kappa shape index (κ3) is 8.74. The fraction of sp³-hybridized carbons (Fsp3) is 0.500. The maximum Gasteiger partial charge on any atom is 0.236 e. The molecule has 2 aromatic rings. The molecular formula is C30H47B6FN4O4. The molecule has 8 nitrogen and oxygen atoms in total. The molecule has 1 fully saturated rings. The van der Waals surface area contributed by atoms with Crippen LogP contribution >= 0.6 is 0 Å². The van der Waals surface area contributed by atoms with E-state index in [0.717, 1.165) is 24.9 Å².